The molecule has 9 heteroatoms. The van der Waals surface area contributed by atoms with Crippen LogP contribution in [0.25, 0.3) is 0 Å². The molecule has 0 spiro atoms. The Kier molecular flexibility index (Phi) is 6.21. The van der Waals surface area contributed by atoms with E-state index in [-0.39, 0.29) is 17.8 Å². The highest BCUT2D eigenvalue weighted by atomic mass is 79.9. The molecule has 1 aliphatic carbocycles. The molecule has 138 valence electrons. The summed E-state index contributed by atoms with van der Waals surface area (Å²) in [6, 6.07) is 1.61. The minimum absolute atomic E-state index is 0.0227. The van der Waals surface area contributed by atoms with Crippen LogP contribution in [0.15, 0.2) is 16.9 Å². The van der Waals surface area contributed by atoms with Gasteiger partial charge in [0.25, 0.3) is 0 Å². The summed E-state index contributed by atoms with van der Waals surface area (Å²) in [5, 5.41) is 17.3. The number of nitrogens with zero attached hydrogens (tertiary/aromatic N) is 2. The highest BCUT2D eigenvalue weighted by molar-refractivity contribution is 9.10. The second kappa shape index (κ2) is 7.99. The predicted molar refractivity (Wildman–Crippen MR) is 97.6 cm³/mol. The largest absolute Gasteiger partial charge is 0.444 e. The van der Waals surface area contributed by atoms with Crippen molar-refractivity contribution in [1.82, 2.24) is 10.3 Å². The third-order valence-electron chi connectivity index (χ3n) is 3.80. The number of nitrogens with one attached hydrogen (secondary N) is 2. The quantitative estimate of drug-likeness (QED) is 0.437. The number of ether oxygens (including phenoxy) is 1. The summed E-state index contributed by atoms with van der Waals surface area (Å²) in [5.41, 5.74) is -0.180. The summed E-state index contributed by atoms with van der Waals surface area (Å²) in [7, 11) is 0. The molecule has 0 aromatic carbocycles. The summed E-state index contributed by atoms with van der Waals surface area (Å²) in [5.74, 6) is 0. The number of amides is 1. The number of carbonyl (C=O) groups is 1. The lowest BCUT2D eigenvalue weighted by Crippen LogP contribution is -2.43. The zero-order chi connectivity index (χ0) is 18.6. The average molecular weight is 415 g/mol. The molecule has 1 heterocycles. The minimum atomic E-state index is -0.541. The van der Waals surface area contributed by atoms with E-state index in [1.807, 2.05) is 20.8 Å². The fraction of sp³-hybridized carbons (Fsp3) is 0.625. The second-order valence-electron chi connectivity index (χ2n) is 7.13. The molecule has 25 heavy (non-hydrogen) atoms. The van der Waals surface area contributed by atoms with E-state index in [1.54, 1.807) is 6.07 Å². The van der Waals surface area contributed by atoms with Crippen molar-refractivity contribution in [2.45, 2.75) is 64.1 Å². The molecule has 0 aliphatic heterocycles. The lowest BCUT2D eigenvalue weighted by Gasteiger charge is -2.31. The van der Waals surface area contributed by atoms with Crippen molar-refractivity contribution in [3.63, 3.8) is 0 Å². The van der Waals surface area contributed by atoms with Crippen molar-refractivity contribution in [2.75, 3.05) is 5.32 Å². The van der Waals surface area contributed by atoms with Crippen LogP contribution in [0.4, 0.5) is 16.2 Å². The van der Waals surface area contributed by atoms with Gasteiger partial charge in [0.1, 0.15) is 22.1 Å². The van der Waals surface area contributed by atoms with Gasteiger partial charge in [0.15, 0.2) is 0 Å². The van der Waals surface area contributed by atoms with Gasteiger partial charge >= 0.3 is 11.8 Å². The SMILES string of the molecule is CC(C)(C)OC(=O)N[C@@H]1CCC[C@H](Nc2cc(Br)ncc2[N+](=O)[O-])C1. The van der Waals surface area contributed by atoms with Gasteiger partial charge in [0.05, 0.1) is 4.92 Å². The van der Waals surface area contributed by atoms with Crippen LogP contribution in [0.2, 0.25) is 0 Å². The van der Waals surface area contributed by atoms with Gasteiger partial charge in [-0.15, -0.1) is 0 Å². The zero-order valence-corrected chi connectivity index (χ0v) is 16.1. The van der Waals surface area contributed by atoms with E-state index in [4.69, 9.17) is 4.74 Å². The van der Waals surface area contributed by atoms with Gasteiger partial charge in [-0.05, 0) is 62.4 Å². The lowest BCUT2D eigenvalue weighted by atomic mass is 9.91. The zero-order valence-electron chi connectivity index (χ0n) is 14.5. The van der Waals surface area contributed by atoms with Crippen LogP contribution in [0.5, 0.6) is 0 Å². The standard InChI is InChI=1S/C16H23BrN4O4/c1-16(2,3)25-15(22)20-11-6-4-5-10(7-11)19-12-8-14(17)18-9-13(12)21(23)24/h8-11H,4-7H2,1-3H3,(H,18,19)(H,20,22)/t10-,11+/m0/s1. The number of anilines is 1. The van der Waals surface area contributed by atoms with E-state index >= 15 is 0 Å². The van der Waals surface area contributed by atoms with E-state index in [0.29, 0.717) is 16.7 Å². The van der Waals surface area contributed by atoms with Gasteiger partial charge in [-0.1, -0.05) is 0 Å². The highest BCUT2D eigenvalue weighted by Gasteiger charge is 2.27. The molecule has 1 aromatic heterocycles. The monoisotopic (exact) mass is 414 g/mol. The number of nitro groups is 1. The topological polar surface area (TPSA) is 106 Å². The molecule has 0 unspecified atom stereocenters. The Balaban J connectivity index is 1.99. The number of rotatable bonds is 4. The first-order valence-electron chi connectivity index (χ1n) is 8.20. The maximum Gasteiger partial charge on any atom is 0.407 e. The number of alkyl carbamates (subject to hydrolysis) is 1. The lowest BCUT2D eigenvalue weighted by molar-refractivity contribution is -0.384. The average Bonchev–Trinajstić information content (AvgIpc) is 2.45. The molecule has 2 atom stereocenters. The molecular formula is C16H23BrN4O4. The normalized spacial score (nSPS) is 20.6. The van der Waals surface area contributed by atoms with E-state index < -0.39 is 16.6 Å². The molecule has 0 bridgehead atoms. The maximum atomic E-state index is 11.9. The Morgan fingerprint density at radius 2 is 2.08 bits per heavy atom. The highest BCUT2D eigenvalue weighted by Crippen LogP contribution is 2.29. The van der Waals surface area contributed by atoms with Gasteiger partial charge in [-0.3, -0.25) is 10.1 Å². The van der Waals surface area contributed by atoms with Crippen molar-refractivity contribution < 1.29 is 14.5 Å². The van der Waals surface area contributed by atoms with Crippen molar-refractivity contribution in [1.29, 1.82) is 0 Å². The second-order valence-corrected chi connectivity index (χ2v) is 7.94. The summed E-state index contributed by atoms with van der Waals surface area (Å²) in [4.78, 5) is 26.5. The van der Waals surface area contributed by atoms with Gasteiger partial charge in [-0.2, -0.15) is 0 Å². The smallest absolute Gasteiger partial charge is 0.407 e. The Morgan fingerprint density at radius 3 is 2.72 bits per heavy atom. The Hall–Kier alpha value is -1.90. The van der Waals surface area contributed by atoms with Crippen molar-refractivity contribution >= 4 is 33.4 Å². The number of pyridine rings is 1. The van der Waals surface area contributed by atoms with Crippen molar-refractivity contribution in [3.05, 3.63) is 27.0 Å². The third kappa shape index (κ3) is 6.15. The van der Waals surface area contributed by atoms with Crippen LogP contribution in [-0.4, -0.2) is 33.7 Å². The van der Waals surface area contributed by atoms with Gasteiger partial charge < -0.3 is 15.4 Å². The molecule has 2 rings (SSSR count). The Labute approximate surface area is 155 Å². The van der Waals surface area contributed by atoms with E-state index in [2.05, 4.69) is 31.5 Å². The minimum Gasteiger partial charge on any atom is -0.444 e. The molecule has 1 aliphatic rings. The number of aromatic nitrogens is 1. The molecule has 2 N–H and O–H groups in total. The predicted octanol–water partition coefficient (Wildman–Crippen LogP) is 4.00. The van der Waals surface area contributed by atoms with E-state index in [9.17, 15) is 14.9 Å². The van der Waals surface area contributed by atoms with Crippen LogP contribution in [0.1, 0.15) is 46.5 Å². The first-order chi connectivity index (χ1) is 11.6. The van der Waals surface area contributed by atoms with Crippen molar-refractivity contribution in [2.24, 2.45) is 0 Å². The van der Waals surface area contributed by atoms with E-state index in [0.717, 1.165) is 19.3 Å². The summed E-state index contributed by atoms with van der Waals surface area (Å²) in [6.45, 7) is 5.45. The van der Waals surface area contributed by atoms with Gasteiger partial charge in [0.2, 0.25) is 0 Å². The summed E-state index contributed by atoms with van der Waals surface area (Å²) in [6.07, 6.45) is 4.12. The third-order valence-corrected chi connectivity index (χ3v) is 4.23. The first kappa shape index (κ1) is 19.4. The van der Waals surface area contributed by atoms with Crippen LogP contribution < -0.4 is 10.6 Å². The van der Waals surface area contributed by atoms with Crippen LogP contribution in [-0.2, 0) is 4.74 Å². The van der Waals surface area contributed by atoms with Gasteiger partial charge in [0, 0.05) is 18.2 Å². The summed E-state index contributed by atoms with van der Waals surface area (Å²) < 4.78 is 5.81. The Bertz CT molecular complexity index is 648. The molecule has 1 saturated carbocycles. The Morgan fingerprint density at radius 1 is 1.40 bits per heavy atom. The first-order valence-corrected chi connectivity index (χ1v) is 8.99. The molecule has 0 saturated heterocycles. The summed E-state index contributed by atoms with van der Waals surface area (Å²) >= 11 is 3.24. The number of hydrogen-bond acceptors (Lipinski definition) is 6. The molecule has 1 amide bonds. The fourth-order valence-corrected chi connectivity index (χ4v) is 3.16. The molecular weight excluding hydrogens is 392 g/mol. The van der Waals surface area contributed by atoms with Crippen LogP contribution in [0, 0.1) is 10.1 Å². The number of halogens is 1. The number of carbonyl (C=O) groups excluding carboxylic acids is 1. The fourth-order valence-electron chi connectivity index (χ4n) is 2.83. The van der Waals surface area contributed by atoms with Gasteiger partial charge in [-0.25, -0.2) is 9.78 Å². The molecule has 1 aromatic rings. The van der Waals surface area contributed by atoms with Crippen LogP contribution in [0.3, 0.4) is 0 Å². The maximum absolute atomic E-state index is 11.9. The molecule has 8 nitrogen and oxygen atoms in total. The molecule has 0 radical (unpaired) electrons. The number of hydrogen-bond donors (Lipinski definition) is 2. The van der Waals surface area contributed by atoms with Crippen LogP contribution >= 0.6 is 15.9 Å². The van der Waals surface area contributed by atoms with E-state index in [1.165, 1.54) is 6.20 Å². The molecule has 1 fully saturated rings. The van der Waals surface area contributed by atoms with Crippen molar-refractivity contribution in [3.8, 4) is 0 Å².